The van der Waals surface area contributed by atoms with Crippen molar-refractivity contribution in [2.75, 3.05) is 27.3 Å². The van der Waals surface area contributed by atoms with E-state index < -0.39 is 0 Å². The van der Waals surface area contributed by atoms with Gasteiger partial charge in [-0.05, 0) is 45.3 Å². The number of fused-ring (bicyclic) bond motifs is 2. The highest BCUT2D eigenvalue weighted by molar-refractivity contribution is 6.02. The van der Waals surface area contributed by atoms with Crippen LogP contribution >= 0.6 is 0 Å². The molecule has 6 rings (SSSR count). The summed E-state index contributed by atoms with van der Waals surface area (Å²) in [6.07, 6.45) is 0.103. The van der Waals surface area contributed by atoms with Crippen LogP contribution in [0.15, 0.2) is 103 Å². The molecule has 1 aliphatic heterocycles. The van der Waals surface area contributed by atoms with Gasteiger partial charge in [0, 0.05) is 37.3 Å². The summed E-state index contributed by atoms with van der Waals surface area (Å²) in [6, 6.07) is 36.7. The Kier molecular flexibility index (Phi) is 6.52. The van der Waals surface area contributed by atoms with Crippen molar-refractivity contribution in [3.8, 4) is 11.5 Å². The largest absolute Gasteiger partial charge is 0.496 e. The van der Waals surface area contributed by atoms with E-state index in [2.05, 4.69) is 101 Å². The number of hydrogen-bond acceptors (Lipinski definition) is 4. The molecule has 0 aliphatic carbocycles. The summed E-state index contributed by atoms with van der Waals surface area (Å²) in [5.41, 5.74) is 3.79. The van der Waals surface area contributed by atoms with Crippen molar-refractivity contribution < 1.29 is 9.47 Å². The Hall–Kier alpha value is -3.86. The summed E-state index contributed by atoms with van der Waals surface area (Å²) in [5, 5.41) is 5.17. The Labute approximate surface area is 218 Å². The van der Waals surface area contributed by atoms with Crippen LogP contribution in [0.1, 0.15) is 22.9 Å². The van der Waals surface area contributed by atoms with E-state index in [1.807, 2.05) is 12.1 Å². The third-order valence-electron chi connectivity index (χ3n) is 7.57. The lowest BCUT2D eigenvalue weighted by atomic mass is 9.94. The van der Waals surface area contributed by atoms with E-state index in [0.29, 0.717) is 0 Å². The second kappa shape index (κ2) is 10.3. The van der Waals surface area contributed by atoms with Gasteiger partial charge in [-0.2, -0.15) is 0 Å². The van der Waals surface area contributed by atoms with Gasteiger partial charge in [0.15, 0.2) is 0 Å². The molecule has 0 bridgehead atoms. The van der Waals surface area contributed by atoms with Crippen LogP contribution in [0.3, 0.4) is 0 Å². The number of benzene rings is 5. The van der Waals surface area contributed by atoms with Crippen molar-refractivity contribution in [2.45, 2.75) is 19.3 Å². The molecule has 0 radical (unpaired) electrons. The fourth-order valence-corrected chi connectivity index (χ4v) is 5.86. The molecule has 1 fully saturated rings. The average molecular weight is 489 g/mol. The summed E-state index contributed by atoms with van der Waals surface area (Å²) in [4.78, 5) is 5.20. The van der Waals surface area contributed by atoms with Gasteiger partial charge in [0.1, 0.15) is 11.5 Å². The predicted molar refractivity (Wildman–Crippen MR) is 151 cm³/mol. The van der Waals surface area contributed by atoms with Gasteiger partial charge in [-0.3, -0.25) is 9.80 Å². The molecule has 1 heterocycles. The SMILES string of the molecule is COc1ccccc1CN1CCN(Cc2ccccc2OC)C1c1c2ccccc2cc2ccccc12. The Bertz CT molecular complexity index is 1440. The highest BCUT2D eigenvalue weighted by Crippen LogP contribution is 2.41. The Morgan fingerprint density at radius 3 is 1.51 bits per heavy atom. The molecule has 5 aromatic rings. The molecule has 5 aromatic carbocycles. The molecule has 1 saturated heterocycles. The van der Waals surface area contributed by atoms with E-state index >= 15 is 0 Å². The molecule has 37 heavy (non-hydrogen) atoms. The van der Waals surface area contributed by atoms with E-state index in [0.717, 1.165) is 37.7 Å². The molecule has 4 heteroatoms. The summed E-state index contributed by atoms with van der Waals surface area (Å²) in [7, 11) is 3.51. The van der Waals surface area contributed by atoms with Gasteiger partial charge in [0.2, 0.25) is 0 Å². The van der Waals surface area contributed by atoms with Crippen LogP contribution in [0.2, 0.25) is 0 Å². The van der Waals surface area contributed by atoms with Gasteiger partial charge in [-0.25, -0.2) is 0 Å². The standard InChI is InChI=1S/C33H32N2O2/c1-36-30-17-9-5-13-26(30)22-34-19-20-35(23-27-14-6-10-18-31(27)37-2)33(34)32-28-15-7-3-11-24(28)21-25-12-4-8-16-29(25)32/h3-18,21,33H,19-20,22-23H2,1-2H3. The molecule has 0 saturated carbocycles. The molecule has 4 nitrogen and oxygen atoms in total. The minimum absolute atomic E-state index is 0.103. The van der Waals surface area contributed by atoms with E-state index in [-0.39, 0.29) is 6.17 Å². The normalized spacial score (nSPS) is 15.0. The van der Waals surface area contributed by atoms with Crippen LogP contribution in [0.5, 0.6) is 11.5 Å². The smallest absolute Gasteiger partial charge is 0.123 e. The second-order valence-electron chi connectivity index (χ2n) is 9.67. The monoisotopic (exact) mass is 488 g/mol. The molecule has 0 N–H and O–H groups in total. The van der Waals surface area contributed by atoms with Gasteiger partial charge >= 0.3 is 0 Å². The lowest BCUT2D eigenvalue weighted by Crippen LogP contribution is -2.31. The molecule has 0 spiro atoms. The molecule has 1 aliphatic rings. The molecule has 0 unspecified atom stereocenters. The highest BCUT2D eigenvalue weighted by Gasteiger charge is 2.36. The second-order valence-corrected chi connectivity index (χ2v) is 9.67. The van der Waals surface area contributed by atoms with Crippen molar-refractivity contribution >= 4 is 21.5 Å². The molecule has 0 amide bonds. The third-order valence-corrected chi connectivity index (χ3v) is 7.57. The van der Waals surface area contributed by atoms with Crippen LogP contribution in [0.25, 0.3) is 21.5 Å². The summed E-state index contributed by atoms with van der Waals surface area (Å²) >= 11 is 0. The van der Waals surface area contributed by atoms with Crippen LogP contribution in [-0.2, 0) is 13.1 Å². The van der Waals surface area contributed by atoms with E-state index in [9.17, 15) is 0 Å². The number of methoxy groups -OCH3 is 2. The van der Waals surface area contributed by atoms with Gasteiger partial charge in [0.25, 0.3) is 0 Å². The van der Waals surface area contributed by atoms with Gasteiger partial charge in [0.05, 0.1) is 20.4 Å². The maximum absolute atomic E-state index is 5.73. The minimum Gasteiger partial charge on any atom is -0.496 e. The zero-order valence-electron chi connectivity index (χ0n) is 21.4. The maximum atomic E-state index is 5.73. The number of hydrogen-bond donors (Lipinski definition) is 0. The predicted octanol–water partition coefficient (Wildman–Crippen LogP) is 7.03. The quantitative estimate of drug-likeness (QED) is 0.230. The molecular formula is C33H32N2O2. The first-order valence-electron chi connectivity index (χ1n) is 12.9. The lowest BCUT2D eigenvalue weighted by molar-refractivity contribution is 0.126. The number of nitrogens with zero attached hydrogens (tertiary/aromatic N) is 2. The summed E-state index contributed by atoms with van der Waals surface area (Å²) < 4.78 is 11.5. The van der Waals surface area contributed by atoms with E-state index in [1.54, 1.807) is 14.2 Å². The number of ether oxygens (including phenoxy) is 2. The highest BCUT2D eigenvalue weighted by atomic mass is 16.5. The lowest BCUT2D eigenvalue weighted by Gasteiger charge is -2.33. The molecular weight excluding hydrogens is 456 g/mol. The zero-order chi connectivity index (χ0) is 25.2. The minimum atomic E-state index is 0.103. The van der Waals surface area contributed by atoms with Crippen molar-refractivity contribution in [1.82, 2.24) is 9.80 Å². The first kappa shape index (κ1) is 23.5. The number of rotatable bonds is 7. The fourth-order valence-electron chi connectivity index (χ4n) is 5.86. The fraction of sp³-hybridized carbons (Fsp3) is 0.212. The summed E-state index contributed by atoms with van der Waals surface area (Å²) in [5.74, 6) is 1.87. The molecule has 0 atom stereocenters. The van der Waals surface area contributed by atoms with Gasteiger partial charge in [-0.15, -0.1) is 0 Å². The first-order chi connectivity index (χ1) is 18.3. The van der Waals surface area contributed by atoms with Crippen LogP contribution in [-0.4, -0.2) is 37.1 Å². The van der Waals surface area contributed by atoms with Crippen molar-refractivity contribution in [2.24, 2.45) is 0 Å². The summed E-state index contributed by atoms with van der Waals surface area (Å²) in [6.45, 7) is 3.56. The van der Waals surface area contributed by atoms with Gasteiger partial charge < -0.3 is 9.47 Å². The zero-order valence-corrected chi connectivity index (χ0v) is 21.4. The van der Waals surface area contributed by atoms with Crippen LogP contribution in [0, 0.1) is 0 Å². The Balaban J connectivity index is 1.51. The van der Waals surface area contributed by atoms with E-state index in [4.69, 9.17) is 9.47 Å². The number of para-hydroxylation sites is 2. The van der Waals surface area contributed by atoms with Gasteiger partial charge in [-0.1, -0.05) is 84.9 Å². The van der Waals surface area contributed by atoms with Crippen molar-refractivity contribution in [3.63, 3.8) is 0 Å². The average Bonchev–Trinajstić information content (AvgIpc) is 3.33. The molecule has 186 valence electrons. The Morgan fingerprint density at radius 1 is 0.595 bits per heavy atom. The third kappa shape index (κ3) is 4.43. The van der Waals surface area contributed by atoms with Crippen molar-refractivity contribution in [1.29, 1.82) is 0 Å². The first-order valence-corrected chi connectivity index (χ1v) is 12.9. The molecule has 0 aromatic heterocycles. The maximum Gasteiger partial charge on any atom is 0.123 e. The topological polar surface area (TPSA) is 24.9 Å². The van der Waals surface area contributed by atoms with Crippen LogP contribution < -0.4 is 9.47 Å². The Morgan fingerprint density at radius 2 is 1.03 bits per heavy atom. The van der Waals surface area contributed by atoms with Crippen molar-refractivity contribution in [3.05, 3.63) is 120 Å². The van der Waals surface area contributed by atoms with Crippen LogP contribution in [0.4, 0.5) is 0 Å². The van der Waals surface area contributed by atoms with E-state index in [1.165, 1.54) is 38.2 Å².